The van der Waals surface area contributed by atoms with Gasteiger partial charge in [0.1, 0.15) is 17.5 Å². The quantitative estimate of drug-likeness (QED) is 0.168. The number of phenols is 1. The molecule has 1 aliphatic heterocycles. The lowest BCUT2D eigenvalue weighted by Gasteiger charge is -2.18. The van der Waals surface area contributed by atoms with Crippen molar-refractivity contribution in [1.82, 2.24) is 20.7 Å². The highest BCUT2D eigenvalue weighted by atomic mass is 32.2. The molecular weight excluding hydrogens is 526 g/mol. The fraction of sp³-hybridized carbons (Fsp3) is 0.423. The van der Waals surface area contributed by atoms with Crippen molar-refractivity contribution in [2.24, 2.45) is 4.99 Å². The predicted molar refractivity (Wildman–Crippen MR) is 145 cm³/mol. The topological polar surface area (TPSA) is 167 Å². The Hall–Kier alpha value is -3.84. The Labute approximate surface area is 228 Å². The number of nitrogens with zero attached hydrogens (tertiary/aromatic N) is 1. The lowest BCUT2D eigenvalue weighted by Crippen LogP contribution is -2.49. The molecule has 3 rings (SSSR count). The van der Waals surface area contributed by atoms with E-state index in [2.05, 4.69) is 25.7 Å². The highest BCUT2D eigenvalue weighted by molar-refractivity contribution is 7.89. The zero-order valence-corrected chi connectivity index (χ0v) is 22.6. The van der Waals surface area contributed by atoms with Crippen molar-refractivity contribution in [2.45, 2.75) is 37.1 Å². The molecule has 1 aliphatic rings. The summed E-state index contributed by atoms with van der Waals surface area (Å²) in [6.07, 6.45) is 2.64. The standard InChI is InChI=1S/C26H35N5O7S/c1-2-37-25(34)22(31-39(35,36)20-9-4-3-5-10-20)18-30-24(33)21-17-19(11-12-23(21)32)38-16-7-6-13-27-26-28-14-8-15-29-26/h3-5,9-12,17,22,31-32H,2,6-8,13-16,18H2,1H3,(H,30,33)(H2,27,28,29). The molecule has 0 bridgehead atoms. The van der Waals surface area contributed by atoms with Crippen LogP contribution < -0.4 is 25.4 Å². The molecule has 0 aromatic heterocycles. The molecule has 212 valence electrons. The van der Waals surface area contributed by atoms with Crippen LogP contribution in [0.15, 0.2) is 58.4 Å². The highest BCUT2D eigenvalue weighted by Crippen LogP contribution is 2.23. The number of benzene rings is 2. The van der Waals surface area contributed by atoms with Crippen molar-refractivity contribution in [3.63, 3.8) is 0 Å². The molecule has 1 atom stereocenters. The molecule has 2 aromatic carbocycles. The molecule has 0 spiro atoms. The summed E-state index contributed by atoms with van der Waals surface area (Å²) in [6, 6.07) is 10.4. The Kier molecular flexibility index (Phi) is 11.4. The van der Waals surface area contributed by atoms with Crippen molar-refractivity contribution in [1.29, 1.82) is 0 Å². The van der Waals surface area contributed by atoms with Crippen molar-refractivity contribution in [3.05, 3.63) is 54.1 Å². The van der Waals surface area contributed by atoms with Gasteiger partial charge in [-0.25, -0.2) is 8.42 Å². The van der Waals surface area contributed by atoms with E-state index in [1.165, 1.54) is 24.3 Å². The zero-order valence-electron chi connectivity index (χ0n) is 21.8. The summed E-state index contributed by atoms with van der Waals surface area (Å²) in [5.41, 5.74) is -0.0796. The van der Waals surface area contributed by atoms with Gasteiger partial charge in [-0.2, -0.15) is 4.72 Å². The molecule has 12 nitrogen and oxygen atoms in total. The SMILES string of the molecule is CCOC(=O)C(CNC(=O)c1cc(OCCCCNC2=NCCCN2)ccc1O)NS(=O)(=O)c1ccccc1. The zero-order chi connectivity index (χ0) is 28.1. The number of hydrogen-bond donors (Lipinski definition) is 5. The highest BCUT2D eigenvalue weighted by Gasteiger charge is 2.28. The van der Waals surface area contributed by atoms with E-state index in [9.17, 15) is 23.1 Å². The fourth-order valence-electron chi connectivity index (χ4n) is 3.62. The van der Waals surface area contributed by atoms with Crippen LogP contribution in [0.5, 0.6) is 11.5 Å². The molecule has 0 radical (unpaired) electrons. The summed E-state index contributed by atoms with van der Waals surface area (Å²) in [6.45, 7) is 4.09. The Morgan fingerprint density at radius 3 is 2.67 bits per heavy atom. The lowest BCUT2D eigenvalue weighted by atomic mass is 10.1. The smallest absolute Gasteiger partial charge is 0.326 e. The van der Waals surface area contributed by atoms with Crippen LogP contribution in [-0.4, -0.2) is 76.8 Å². The number of unbranched alkanes of at least 4 members (excludes halogenated alkanes) is 1. The number of amides is 1. The Bertz CT molecular complexity index is 1240. The second-order valence-corrected chi connectivity index (χ2v) is 10.3. The van der Waals surface area contributed by atoms with Gasteiger partial charge in [0, 0.05) is 26.2 Å². The van der Waals surface area contributed by atoms with Gasteiger partial charge in [0.15, 0.2) is 5.96 Å². The van der Waals surface area contributed by atoms with Crippen LogP contribution in [0.2, 0.25) is 0 Å². The summed E-state index contributed by atoms with van der Waals surface area (Å²) >= 11 is 0. The van der Waals surface area contributed by atoms with E-state index in [4.69, 9.17) is 9.47 Å². The molecule has 0 fully saturated rings. The van der Waals surface area contributed by atoms with Gasteiger partial charge in [-0.15, -0.1) is 0 Å². The first-order valence-electron chi connectivity index (χ1n) is 12.8. The van der Waals surface area contributed by atoms with Crippen molar-refractivity contribution in [2.75, 3.05) is 39.4 Å². The van der Waals surface area contributed by atoms with Crippen LogP contribution in [0, 0.1) is 0 Å². The third-order valence-corrected chi connectivity index (χ3v) is 7.12. The maximum absolute atomic E-state index is 12.8. The summed E-state index contributed by atoms with van der Waals surface area (Å²) in [7, 11) is -4.06. The van der Waals surface area contributed by atoms with Gasteiger partial charge in [0.25, 0.3) is 5.91 Å². The molecule has 5 N–H and O–H groups in total. The third kappa shape index (κ3) is 9.45. The number of phenolic OH excluding ortho intramolecular Hbond substituents is 1. The lowest BCUT2D eigenvalue weighted by molar-refractivity contribution is -0.144. The first kappa shape index (κ1) is 29.7. The second kappa shape index (κ2) is 14.9. The number of esters is 1. The molecule has 0 aliphatic carbocycles. The minimum Gasteiger partial charge on any atom is -0.507 e. The summed E-state index contributed by atoms with van der Waals surface area (Å²) < 4.78 is 38.4. The number of sulfonamides is 1. The molecule has 13 heteroatoms. The van der Waals surface area contributed by atoms with Gasteiger partial charge in [0.2, 0.25) is 10.0 Å². The number of rotatable bonds is 14. The van der Waals surface area contributed by atoms with Gasteiger partial charge >= 0.3 is 5.97 Å². The molecule has 0 saturated carbocycles. The number of hydrogen-bond acceptors (Lipinski definition) is 10. The van der Waals surface area contributed by atoms with E-state index in [-0.39, 0.29) is 22.8 Å². The number of ether oxygens (including phenoxy) is 2. The van der Waals surface area contributed by atoms with E-state index in [1.54, 1.807) is 31.2 Å². The van der Waals surface area contributed by atoms with E-state index in [0.29, 0.717) is 12.4 Å². The van der Waals surface area contributed by atoms with E-state index >= 15 is 0 Å². The van der Waals surface area contributed by atoms with Gasteiger partial charge in [-0.3, -0.25) is 14.6 Å². The second-order valence-electron chi connectivity index (χ2n) is 8.62. The van der Waals surface area contributed by atoms with Crippen LogP contribution in [-0.2, 0) is 19.6 Å². The van der Waals surface area contributed by atoms with Crippen LogP contribution >= 0.6 is 0 Å². The largest absolute Gasteiger partial charge is 0.507 e. The number of aromatic hydroxyl groups is 1. The monoisotopic (exact) mass is 561 g/mol. The number of carbonyl (C=O) groups excluding carboxylic acids is 2. The molecule has 0 saturated heterocycles. The first-order valence-corrected chi connectivity index (χ1v) is 14.3. The fourth-order valence-corrected chi connectivity index (χ4v) is 4.83. The Balaban J connectivity index is 1.53. The van der Waals surface area contributed by atoms with Crippen LogP contribution in [0.4, 0.5) is 0 Å². The van der Waals surface area contributed by atoms with E-state index in [1.807, 2.05) is 0 Å². The van der Waals surface area contributed by atoms with E-state index in [0.717, 1.165) is 44.9 Å². The minimum atomic E-state index is -4.06. The minimum absolute atomic E-state index is 0.0260. The maximum atomic E-state index is 12.8. The molecular formula is C26H35N5O7S. The van der Waals surface area contributed by atoms with Crippen molar-refractivity contribution in [3.8, 4) is 11.5 Å². The predicted octanol–water partition coefficient (Wildman–Crippen LogP) is 1.13. The summed E-state index contributed by atoms with van der Waals surface area (Å²) in [5.74, 6) is -0.650. The number of aliphatic imine (C=N–C) groups is 1. The Morgan fingerprint density at radius 2 is 1.95 bits per heavy atom. The van der Waals surface area contributed by atoms with Crippen LogP contribution in [0.1, 0.15) is 36.5 Å². The first-order chi connectivity index (χ1) is 18.8. The van der Waals surface area contributed by atoms with Crippen LogP contribution in [0.3, 0.4) is 0 Å². The molecule has 1 heterocycles. The van der Waals surface area contributed by atoms with Gasteiger partial charge in [-0.05, 0) is 56.5 Å². The number of carbonyl (C=O) groups is 2. The van der Waals surface area contributed by atoms with Crippen molar-refractivity contribution >= 4 is 27.9 Å². The average molecular weight is 562 g/mol. The summed E-state index contributed by atoms with van der Waals surface area (Å²) in [5, 5.41) is 19.1. The van der Waals surface area contributed by atoms with Crippen LogP contribution in [0.25, 0.3) is 0 Å². The molecule has 1 unspecified atom stereocenters. The van der Waals surface area contributed by atoms with Crippen molar-refractivity contribution < 1.29 is 32.6 Å². The molecule has 2 aromatic rings. The average Bonchev–Trinajstić information content (AvgIpc) is 2.94. The van der Waals surface area contributed by atoms with E-state index < -0.39 is 34.5 Å². The summed E-state index contributed by atoms with van der Waals surface area (Å²) in [4.78, 5) is 29.6. The number of guanidine groups is 1. The van der Waals surface area contributed by atoms with Gasteiger partial charge < -0.3 is 30.5 Å². The normalized spacial score (nSPS) is 13.9. The van der Waals surface area contributed by atoms with Gasteiger partial charge in [0.05, 0.1) is 23.7 Å². The van der Waals surface area contributed by atoms with Gasteiger partial charge in [-0.1, -0.05) is 18.2 Å². The number of nitrogens with one attached hydrogen (secondary N) is 4. The molecule has 39 heavy (non-hydrogen) atoms. The maximum Gasteiger partial charge on any atom is 0.326 e. The third-order valence-electron chi connectivity index (χ3n) is 5.63. The molecule has 1 amide bonds. The Morgan fingerprint density at radius 1 is 1.15 bits per heavy atom.